The number of nitro groups is 2. The lowest BCUT2D eigenvalue weighted by molar-refractivity contribution is -0.394. The second-order valence-corrected chi connectivity index (χ2v) is 8.12. The minimum Gasteiger partial charge on any atom is -0.483 e. The van der Waals surface area contributed by atoms with E-state index < -0.39 is 27.1 Å². The molecule has 186 valence electrons. The molecule has 1 N–H and O–H groups in total. The van der Waals surface area contributed by atoms with Crippen molar-refractivity contribution in [3.63, 3.8) is 0 Å². The fourth-order valence-electron chi connectivity index (χ4n) is 3.23. The summed E-state index contributed by atoms with van der Waals surface area (Å²) in [7, 11) is 0. The summed E-state index contributed by atoms with van der Waals surface area (Å²) in [5.41, 5.74) is 3.99. The van der Waals surface area contributed by atoms with Gasteiger partial charge in [-0.25, -0.2) is 5.43 Å². The zero-order valence-corrected chi connectivity index (χ0v) is 19.8. The van der Waals surface area contributed by atoms with Crippen LogP contribution in [0.25, 0.3) is 0 Å². The molecule has 0 fully saturated rings. The molecule has 0 saturated heterocycles. The normalized spacial score (nSPS) is 10.9. The van der Waals surface area contributed by atoms with E-state index in [-0.39, 0.29) is 24.0 Å². The van der Waals surface area contributed by atoms with Crippen LogP contribution < -0.4 is 14.9 Å². The lowest BCUT2D eigenvalue weighted by Crippen LogP contribution is -2.25. The summed E-state index contributed by atoms with van der Waals surface area (Å²) in [6.45, 7) is 5.81. The van der Waals surface area contributed by atoms with Gasteiger partial charge in [-0.2, -0.15) is 5.10 Å². The lowest BCUT2D eigenvalue weighted by Gasteiger charge is -2.14. The molecule has 3 rings (SSSR count). The number of non-ortho nitro benzene ring substituents is 1. The molecule has 0 unspecified atom stereocenters. The molecule has 0 spiro atoms. The van der Waals surface area contributed by atoms with Gasteiger partial charge in [-0.1, -0.05) is 38.1 Å². The van der Waals surface area contributed by atoms with Crippen LogP contribution in [0.4, 0.5) is 11.4 Å². The van der Waals surface area contributed by atoms with Gasteiger partial charge in [0.15, 0.2) is 6.61 Å². The Kier molecular flexibility index (Phi) is 8.29. The fourth-order valence-corrected chi connectivity index (χ4v) is 3.23. The molecule has 0 radical (unpaired) electrons. The van der Waals surface area contributed by atoms with Crippen molar-refractivity contribution in [3.8, 4) is 17.2 Å². The zero-order valence-electron chi connectivity index (χ0n) is 19.8. The Morgan fingerprint density at radius 1 is 1.03 bits per heavy atom. The Morgan fingerprint density at radius 2 is 1.81 bits per heavy atom. The Bertz CT molecular complexity index is 1320. The first-order valence-corrected chi connectivity index (χ1v) is 10.9. The van der Waals surface area contributed by atoms with Crippen LogP contribution in [0, 0.1) is 27.2 Å². The van der Waals surface area contributed by atoms with Crippen LogP contribution in [-0.2, 0) is 4.79 Å². The van der Waals surface area contributed by atoms with Crippen LogP contribution in [0.2, 0.25) is 0 Å². The topological polar surface area (TPSA) is 146 Å². The molecule has 0 heterocycles. The molecule has 0 saturated carbocycles. The molecule has 0 bridgehead atoms. The Hall–Kier alpha value is -4.80. The minimum atomic E-state index is -0.758. The van der Waals surface area contributed by atoms with E-state index >= 15 is 0 Å². The van der Waals surface area contributed by atoms with Crippen molar-refractivity contribution in [1.29, 1.82) is 0 Å². The van der Waals surface area contributed by atoms with Gasteiger partial charge in [0.05, 0.1) is 22.1 Å². The summed E-state index contributed by atoms with van der Waals surface area (Å²) in [6, 6.07) is 15.4. The second kappa shape index (κ2) is 11.6. The minimum absolute atomic E-state index is 0.151. The number of rotatable bonds is 10. The van der Waals surface area contributed by atoms with Crippen molar-refractivity contribution < 1.29 is 24.1 Å². The number of aryl methyl sites for hydroxylation is 1. The molecule has 0 atom stereocenters. The molecule has 0 aliphatic carbocycles. The van der Waals surface area contributed by atoms with Crippen LogP contribution in [0.15, 0.2) is 65.8 Å². The zero-order chi connectivity index (χ0) is 26.2. The van der Waals surface area contributed by atoms with Gasteiger partial charge in [-0.05, 0) is 53.8 Å². The third-order valence-corrected chi connectivity index (χ3v) is 4.99. The molecule has 0 aliphatic heterocycles. The molecule has 0 aliphatic rings. The number of hydrogen-bond acceptors (Lipinski definition) is 8. The number of amides is 1. The molecule has 11 nitrogen and oxygen atoms in total. The van der Waals surface area contributed by atoms with Gasteiger partial charge < -0.3 is 9.47 Å². The molecule has 3 aromatic carbocycles. The quantitative estimate of drug-likeness (QED) is 0.231. The van der Waals surface area contributed by atoms with Crippen LogP contribution in [0.1, 0.15) is 36.5 Å². The van der Waals surface area contributed by atoms with E-state index in [0.717, 1.165) is 29.3 Å². The maximum absolute atomic E-state index is 12.2. The number of nitrogens with zero attached hydrogens (tertiary/aromatic N) is 3. The van der Waals surface area contributed by atoms with E-state index in [4.69, 9.17) is 9.47 Å². The van der Waals surface area contributed by atoms with Gasteiger partial charge in [0.25, 0.3) is 11.6 Å². The van der Waals surface area contributed by atoms with Gasteiger partial charge in [0.1, 0.15) is 11.5 Å². The highest BCUT2D eigenvalue weighted by Gasteiger charge is 2.21. The average molecular weight is 492 g/mol. The average Bonchev–Trinajstić information content (AvgIpc) is 2.83. The Balaban J connectivity index is 1.63. The van der Waals surface area contributed by atoms with E-state index in [1.54, 1.807) is 24.3 Å². The van der Waals surface area contributed by atoms with Crippen molar-refractivity contribution in [2.45, 2.75) is 26.7 Å². The molecular formula is C25H24N4O7. The van der Waals surface area contributed by atoms with E-state index in [0.29, 0.717) is 11.3 Å². The highest BCUT2D eigenvalue weighted by Crippen LogP contribution is 2.34. The number of benzene rings is 3. The standard InChI is InChI=1S/C25H24N4O7/c1-16(2)21-9-7-17(3)11-24(21)35-15-25(30)27-26-14-18-5-4-6-20(12-18)36-23-10-8-19(28(31)32)13-22(23)29(33)34/h4-14,16H,15H2,1-3H3,(H,27,30). The van der Waals surface area contributed by atoms with Crippen molar-refractivity contribution in [2.24, 2.45) is 5.10 Å². The predicted octanol–water partition coefficient (Wildman–Crippen LogP) is 5.26. The maximum Gasteiger partial charge on any atom is 0.318 e. The van der Waals surface area contributed by atoms with Gasteiger partial charge in [-0.3, -0.25) is 25.0 Å². The van der Waals surface area contributed by atoms with E-state index in [2.05, 4.69) is 10.5 Å². The lowest BCUT2D eigenvalue weighted by atomic mass is 10.0. The van der Waals surface area contributed by atoms with Crippen LogP contribution in [0.5, 0.6) is 17.2 Å². The van der Waals surface area contributed by atoms with Gasteiger partial charge in [0, 0.05) is 6.07 Å². The molecule has 36 heavy (non-hydrogen) atoms. The summed E-state index contributed by atoms with van der Waals surface area (Å²) in [5.74, 6) is 0.530. The number of ether oxygens (including phenoxy) is 2. The third kappa shape index (κ3) is 6.86. The number of carbonyl (C=O) groups excluding carboxylic acids is 1. The molecular weight excluding hydrogens is 468 g/mol. The molecule has 11 heteroatoms. The fraction of sp³-hybridized carbons (Fsp3) is 0.200. The van der Waals surface area contributed by atoms with Gasteiger partial charge in [0.2, 0.25) is 5.75 Å². The Morgan fingerprint density at radius 3 is 2.50 bits per heavy atom. The van der Waals surface area contributed by atoms with E-state index in [9.17, 15) is 25.0 Å². The molecule has 3 aromatic rings. The first kappa shape index (κ1) is 25.8. The molecule has 1 amide bonds. The summed E-state index contributed by atoms with van der Waals surface area (Å²) in [6.07, 6.45) is 1.38. The third-order valence-electron chi connectivity index (χ3n) is 4.99. The van der Waals surface area contributed by atoms with Crippen molar-refractivity contribution >= 4 is 23.5 Å². The predicted molar refractivity (Wildman–Crippen MR) is 133 cm³/mol. The summed E-state index contributed by atoms with van der Waals surface area (Å²) < 4.78 is 11.2. The van der Waals surface area contributed by atoms with Gasteiger partial charge in [-0.15, -0.1) is 0 Å². The SMILES string of the molecule is Cc1ccc(C(C)C)c(OCC(=O)NN=Cc2cccc(Oc3ccc([N+](=O)[O-])cc3[N+](=O)[O-])c2)c1. The number of hydrogen-bond donors (Lipinski definition) is 1. The number of carbonyl (C=O) groups is 1. The van der Waals surface area contributed by atoms with E-state index in [1.807, 2.05) is 39.0 Å². The highest BCUT2D eigenvalue weighted by molar-refractivity contribution is 5.83. The smallest absolute Gasteiger partial charge is 0.318 e. The van der Waals surface area contributed by atoms with Crippen molar-refractivity contribution in [3.05, 3.63) is 97.6 Å². The van der Waals surface area contributed by atoms with Crippen molar-refractivity contribution in [1.82, 2.24) is 5.43 Å². The number of hydrazone groups is 1. The first-order chi connectivity index (χ1) is 17.1. The largest absolute Gasteiger partial charge is 0.483 e. The summed E-state index contributed by atoms with van der Waals surface area (Å²) in [5, 5.41) is 26.1. The monoisotopic (exact) mass is 492 g/mol. The number of nitro benzene ring substituents is 2. The summed E-state index contributed by atoms with van der Waals surface area (Å²) in [4.78, 5) is 32.9. The maximum atomic E-state index is 12.2. The van der Waals surface area contributed by atoms with Crippen molar-refractivity contribution in [2.75, 3.05) is 6.61 Å². The van der Waals surface area contributed by atoms with Crippen LogP contribution >= 0.6 is 0 Å². The highest BCUT2D eigenvalue weighted by atomic mass is 16.6. The second-order valence-electron chi connectivity index (χ2n) is 8.12. The van der Waals surface area contributed by atoms with Crippen LogP contribution in [-0.4, -0.2) is 28.6 Å². The number of nitrogens with one attached hydrogen (secondary N) is 1. The van der Waals surface area contributed by atoms with Gasteiger partial charge >= 0.3 is 5.69 Å². The van der Waals surface area contributed by atoms with E-state index in [1.165, 1.54) is 6.21 Å². The van der Waals surface area contributed by atoms with Crippen LogP contribution in [0.3, 0.4) is 0 Å². The first-order valence-electron chi connectivity index (χ1n) is 10.9. The Labute approximate surface area is 206 Å². The summed E-state index contributed by atoms with van der Waals surface area (Å²) >= 11 is 0. The molecule has 0 aromatic heterocycles.